The van der Waals surface area contributed by atoms with Crippen LogP contribution in [0.15, 0.2) is 312 Å². The lowest BCUT2D eigenvalue weighted by Gasteiger charge is -2.12. The maximum atomic E-state index is 7.05. The zero-order valence-electron chi connectivity index (χ0n) is 50.3. The van der Waals surface area contributed by atoms with Gasteiger partial charge in [-0.15, -0.1) is 0 Å². The number of rotatable bonds is 10. The Kier molecular flexibility index (Phi) is 12.0. The van der Waals surface area contributed by atoms with E-state index in [1.54, 1.807) is 0 Å². The molecule has 6 aromatic heterocycles. The minimum Gasteiger partial charge on any atom is -0.456 e. The highest BCUT2D eigenvalue weighted by Gasteiger charge is 2.23. The molecule has 0 bridgehead atoms. The van der Waals surface area contributed by atoms with Crippen LogP contribution in [0.4, 0.5) is 0 Å². The Morgan fingerprint density at radius 3 is 1.14 bits per heavy atom. The van der Waals surface area contributed by atoms with Crippen molar-refractivity contribution < 1.29 is 8.83 Å². The Hall–Kier alpha value is -12.9. The molecule has 438 valence electrons. The first kappa shape index (κ1) is 53.0. The van der Waals surface area contributed by atoms with Gasteiger partial charge in [-0.05, 0) is 77.4 Å². The van der Waals surface area contributed by atoms with Gasteiger partial charge in [0.15, 0.2) is 34.9 Å². The fourth-order valence-corrected chi connectivity index (χ4v) is 13.8. The molecule has 0 aliphatic carbocycles. The van der Waals surface area contributed by atoms with Gasteiger partial charge < -0.3 is 18.0 Å². The van der Waals surface area contributed by atoms with E-state index in [1.807, 2.05) is 78.9 Å². The van der Waals surface area contributed by atoms with E-state index in [4.69, 9.17) is 38.7 Å². The molecule has 10 heteroatoms. The predicted molar refractivity (Wildman–Crippen MR) is 380 cm³/mol. The fraction of sp³-hybridized carbons (Fsp3) is 0. The van der Waals surface area contributed by atoms with Crippen LogP contribution in [0.1, 0.15) is 0 Å². The van der Waals surface area contributed by atoms with E-state index in [-0.39, 0.29) is 0 Å². The summed E-state index contributed by atoms with van der Waals surface area (Å²) in [5, 5.41) is 8.85. The SMILES string of the molecule is c1ccc(-c2cccc(-c3nc(-c4ccccc4)nc(-c4cccc(-n5c6ccccc6c6cc7c(cc65)oc5c(-c6ccc(-c8nc(-c9ccccc9)nc(-c9cccc(-n%10c%11ccccc%11c%11cc%12c(cc%11%10)oc%10ccccc%10%12)c9)n8)cc6)cccc57)c4)n3)c2)cc1. The lowest BCUT2D eigenvalue weighted by Crippen LogP contribution is -2.01. The molecule has 13 aromatic carbocycles. The highest BCUT2D eigenvalue weighted by molar-refractivity contribution is 6.20. The Labute approximate surface area is 537 Å². The second-order valence-electron chi connectivity index (χ2n) is 23.8. The topological polar surface area (TPSA) is 113 Å². The van der Waals surface area contributed by atoms with E-state index in [2.05, 4.69) is 234 Å². The average molecular weight is 1200 g/mol. The van der Waals surface area contributed by atoms with Crippen molar-refractivity contribution in [3.63, 3.8) is 0 Å². The molecule has 0 spiro atoms. The minimum atomic E-state index is 0.566. The van der Waals surface area contributed by atoms with Gasteiger partial charge in [0, 0.05) is 106 Å². The number of benzene rings is 13. The largest absolute Gasteiger partial charge is 0.456 e. The summed E-state index contributed by atoms with van der Waals surface area (Å²) in [6.07, 6.45) is 0. The van der Waals surface area contributed by atoms with Crippen LogP contribution in [0.2, 0.25) is 0 Å². The molecule has 0 fully saturated rings. The summed E-state index contributed by atoms with van der Waals surface area (Å²) in [6, 6.07) is 105. The van der Waals surface area contributed by atoms with E-state index >= 15 is 0 Å². The normalized spacial score (nSPS) is 11.8. The standard InChI is InChI=1S/C84H50N8O2/c1-4-20-51(21-5-1)56-26-16-27-57(44-56)82-86-80(54-24-8-3-9-25-54)88-84(90-82)59-29-18-31-61(46-59)92-72-38-14-11-33-64(72)68-48-70-66-36-19-35-62(78(66)94-77(70)50-74(68)92)52-40-42-55(43-41-52)81-85-79(53-22-6-2-7-23-53)87-83(89-81)58-28-17-30-60(45-58)91-71-37-13-10-32-63(71)67-47-69-65-34-12-15-39-75(65)93-76(69)49-73(67)91/h1-50H. The molecule has 0 saturated carbocycles. The van der Waals surface area contributed by atoms with Crippen molar-refractivity contribution in [1.82, 2.24) is 39.0 Å². The summed E-state index contributed by atoms with van der Waals surface area (Å²) in [6.45, 7) is 0. The van der Waals surface area contributed by atoms with Crippen molar-refractivity contribution in [1.29, 1.82) is 0 Å². The quantitative estimate of drug-likeness (QED) is 0.133. The third kappa shape index (κ3) is 8.80. The third-order valence-electron chi connectivity index (χ3n) is 18.2. The smallest absolute Gasteiger partial charge is 0.164 e. The summed E-state index contributed by atoms with van der Waals surface area (Å²) >= 11 is 0. The molecule has 19 rings (SSSR count). The molecular formula is C84H50N8O2. The van der Waals surface area contributed by atoms with Crippen molar-refractivity contribution >= 4 is 87.5 Å². The predicted octanol–water partition coefficient (Wildman–Crippen LogP) is 21.4. The molecule has 0 unspecified atom stereocenters. The first-order chi connectivity index (χ1) is 46.5. The molecule has 0 aliphatic rings. The molecule has 0 N–H and O–H groups in total. The summed E-state index contributed by atoms with van der Waals surface area (Å²) in [5.74, 6) is 3.50. The van der Waals surface area contributed by atoms with Crippen LogP contribution < -0.4 is 0 Å². The van der Waals surface area contributed by atoms with E-state index in [0.717, 1.165) is 154 Å². The van der Waals surface area contributed by atoms with Gasteiger partial charge in [-0.1, -0.05) is 231 Å². The monoisotopic (exact) mass is 1200 g/mol. The van der Waals surface area contributed by atoms with Gasteiger partial charge in [-0.2, -0.15) is 0 Å². The van der Waals surface area contributed by atoms with E-state index in [9.17, 15) is 0 Å². The first-order valence-corrected chi connectivity index (χ1v) is 31.4. The van der Waals surface area contributed by atoms with Crippen molar-refractivity contribution in [2.75, 3.05) is 0 Å². The number of furan rings is 2. The lowest BCUT2D eigenvalue weighted by atomic mass is 10.0. The maximum absolute atomic E-state index is 7.05. The average Bonchev–Trinajstić information content (AvgIpc) is 1.57. The van der Waals surface area contributed by atoms with Gasteiger partial charge in [0.25, 0.3) is 0 Å². The molecule has 19 aromatic rings. The Balaban J connectivity index is 0.687. The molecule has 0 amide bonds. The van der Waals surface area contributed by atoms with E-state index in [0.29, 0.717) is 34.9 Å². The van der Waals surface area contributed by atoms with Gasteiger partial charge in [0.1, 0.15) is 22.3 Å². The number of hydrogen-bond acceptors (Lipinski definition) is 8. The number of hydrogen-bond donors (Lipinski definition) is 0. The van der Waals surface area contributed by atoms with Crippen LogP contribution >= 0.6 is 0 Å². The van der Waals surface area contributed by atoms with Gasteiger partial charge in [0.2, 0.25) is 0 Å². The molecule has 6 heterocycles. The van der Waals surface area contributed by atoms with Gasteiger partial charge in [-0.25, -0.2) is 29.9 Å². The number of para-hydroxylation sites is 4. The second-order valence-corrected chi connectivity index (χ2v) is 23.8. The van der Waals surface area contributed by atoms with Gasteiger partial charge >= 0.3 is 0 Å². The van der Waals surface area contributed by atoms with Crippen LogP contribution in [-0.2, 0) is 0 Å². The van der Waals surface area contributed by atoms with Crippen molar-refractivity contribution in [3.8, 4) is 102 Å². The van der Waals surface area contributed by atoms with Crippen molar-refractivity contribution in [2.24, 2.45) is 0 Å². The molecule has 0 radical (unpaired) electrons. The number of aromatic nitrogens is 8. The van der Waals surface area contributed by atoms with Crippen LogP contribution in [0.3, 0.4) is 0 Å². The Morgan fingerprint density at radius 2 is 0.585 bits per heavy atom. The van der Waals surface area contributed by atoms with E-state index < -0.39 is 0 Å². The van der Waals surface area contributed by atoms with Crippen LogP contribution in [0.5, 0.6) is 0 Å². The number of fused-ring (bicyclic) bond motifs is 12. The molecule has 0 aliphatic heterocycles. The summed E-state index contributed by atoms with van der Waals surface area (Å²) in [7, 11) is 0. The van der Waals surface area contributed by atoms with Crippen LogP contribution in [-0.4, -0.2) is 39.0 Å². The summed E-state index contributed by atoms with van der Waals surface area (Å²) < 4.78 is 18.1. The summed E-state index contributed by atoms with van der Waals surface area (Å²) in [5.41, 5.74) is 19.0. The number of nitrogens with zero attached hydrogens (tertiary/aromatic N) is 8. The van der Waals surface area contributed by atoms with Gasteiger partial charge in [0.05, 0.1) is 22.1 Å². The molecule has 0 atom stereocenters. The Morgan fingerprint density at radius 1 is 0.202 bits per heavy atom. The van der Waals surface area contributed by atoms with Crippen LogP contribution in [0.25, 0.3) is 189 Å². The zero-order valence-corrected chi connectivity index (χ0v) is 50.3. The van der Waals surface area contributed by atoms with E-state index in [1.165, 1.54) is 0 Å². The second kappa shape index (κ2) is 21.4. The highest BCUT2D eigenvalue weighted by atomic mass is 16.3. The zero-order chi connectivity index (χ0) is 61.8. The third-order valence-corrected chi connectivity index (χ3v) is 18.2. The molecule has 94 heavy (non-hydrogen) atoms. The first-order valence-electron chi connectivity index (χ1n) is 31.4. The Bertz CT molecular complexity index is 6230. The highest BCUT2D eigenvalue weighted by Crippen LogP contribution is 2.43. The summed E-state index contributed by atoms with van der Waals surface area (Å²) in [4.78, 5) is 31.0. The lowest BCUT2D eigenvalue weighted by molar-refractivity contribution is 0.669. The minimum absolute atomic E-state index is 0.566. The molecule has 0 saturated heterocycles. The molecule has 10 nitrogen and oxygen atoms in total. The van der Waals surface area contributed by atoms with Gasteiger partial charge in [-0.3, -0.25) is 0 Å². The van der Waals surface area contributed by atoms with Crippen LogP contribution in [0, 0.1) is 0 Å². The fourth-order valence-electron chi connectivity index (χ4n) is 13.8. The van der Waals surface area contributed by atoms with Crippen molar-refractivity contribution in [3.05, 3.63) is 303 Å². The van der Waals surface area contributed by atoms with Crippen molar-refractivity contribution in [2.45, 2.75) is 0 Å². The molecular weight excluding hydrogens is 1150 g/mol. The maximum Gasteiger partial charge on any atom is 0.164 e.